The Morgan fingerprint density at radius 2 is 1.12 bits per heavy atom. The minimum Gasteiger partial charge on any atom is -0.459 e. The molecule has 0 amide bonds. The third-order valence-corrected chi connectivity index (χ3v) is 4.87. The maximum absolute atomic E-state index is 12.5. The van der Waals surface area contributed by atoms with Crippen LogP contribution in [0, 0.1) is 17.8 Å². The Hall–Kier alpha value is -2.94. The lowest BCUT2D eigenvalue weighted by atomic mass is 10.1. The summed E-state index contributed by atoms with van der Waals surface area (Å²) in [5, 5.41) is 0. The summed E-state index contributed by atoms with van der Waals surface area (Å²) in [6.07, 6.45) is -1.25. The van der Waals surface area contributed by atoms with Crippen molar-refractivity contribution in [1.82, 2.24) is 0 Å². The monoisotopic (exact) mass is 479 g/mol. The molecule has 3 atom stereocenters. The van der Waals surface area contributed by atoms with E-state index < -0.39 is 42.1 Å². The van der Waals surface area contributed by atoms with E-state index in [4.69, 9.17) is 24.7 Å². The molecule has 9 heteroatoms. The van der Waals surface area contributed by atoms with Crippen LogP contribution in [0.15, 0.2) is 18.2 Å². The number of esters is 4. The van der Waals surface area contributed by atoms with Crippen molar-refractivity contribution in [1.29, 1.82) is 0 Å². The highest BCUT2D eigenvalue weighted by molar-refractivity contribution is 5.78. The number of hydrogen-bond acceptors (Lipinski definition) is 9. The second kappa shape index (κ2) is 13.1. The summed E-state index contributed by atoms with van der Waals surface area (Å²) in [5.41, 5.74) is 6.61. The van der Waals surface area contributed by atoms with Gasteiger partial charge in [0.05, 0.1) is 17.8 Å². The van der Waals surface area contributed by atoms with E-state index in [9.17, 15) is 19.2 Å². The summed E-state index contributed by atoms with van der Waals surface area (Å²) in [6.45, 7) is 13.4. The second-order valence-electron chi connectivity index (χ2n) is 9.18. The maximum Gasteiger partial charge on any atom is 0.323 e. The standard InChI is InChI=1S/C25H37NO8/c1-13(2)22(27)31-16(7)17(8)32-25(30)19(26)11-18-9-10-20(33-23(28)14(3)4)21(12-18)34-24(29)15(5)6/h9-10,12-17,19H,11,26H2,1-8H3/t16-,17-,19-/m0/s1. The number of nitrogens with two attached hydrogens (primary N) is 1. The first-order valence-corrected chi connectivity index (χ1v) is 11.5. The molecule has 0 heterocycles. The minimum atomic E-state index is -1.02. The van der Waals surface area contributed by atoms with Crippen LogP contribution in [0.25, 0.3) is 0 Å². The van der Waals surface area contributed by atoms with Crippen LogP contribution in [0.2, 0.25) is 0 Å². The molecule has 0 fully saturated rings. The van der Waals surface area contributed by atoms with Crippen LogP contribution in [-0.2, 0) is 35.1 Å². The molecule has 0 saturated heterocycles. The van der Waals surface area contributed by atoms with E-state index >= 15 is 0 Å². The van der Waals surface area contributed by atoms with Gasteiger partial charge in [-0.2, -0.15) is 0 Å². The number of carbonyl (C=O) groups is 4. The van der Waals surface area contributed by atoms with Gasteiger partial charge in [0.15, 0.2) is 11.5 Å². The van der Waals surface area contributed by atoms with Gasteiger partial charge in [0.25, 0.3) is 0 Å². The van der Waals surface area contributed by atoms with Crippen molar-refractivity contribution in [2.75, 3.05) is 0 Å². The van der Waals surface area contributed by atoms with Gasteiger partial charge in [-0.3, -0.25) is 19.2 Å². The van der Waals surface area contributed by atoms with E-state index in [0.29, 0.717) is 5.56 Å². The molecule has 1 rings (SSSR count). The van der Waals surface area contributed by atoms with Gasteiger partial charge in [-0.25, -0.2) is 0 Å². The summed E-state index contributed by atoms with van der Waals surface area (Å²) in [6, 6.07) is 3.60. The van der Waals surface area contributed by atoms with Crippen LogP contribution >= 0.6 is 0 Å². The van der Waals surface area contributed by atoms with Gasteiger partial charge in [-0.05, 0) is 38.0 Å². The highest BCUT2D eigenvalue weighted by Gasteiger charge is 2.26. The fraction of sp³-hybridized carbons (Fsp3) is 0.600. The Morgan fingerprint density at radius 1 is 0.676 bits per heavy atom. The van der Waals surface area contributed by atoms with Crippen molar-refractivity contribution in [3.8, 4) is 11.5 Å². The maximum atomic E-state index is 12.5. The largest absolute Gasteiger partial charge is 0.459 e. The van der Waals surface area contributed by atoms with Crippen molar-refractivity contribution in [2.24, 2.45) is 23.5 Å². The zero-order valence-corrected chi connectivity index (χ0v) is 21.2. The predicted octanol–water partition coefficient (Wildman–Crippen LogP) is 3.20. The van der Waals surface area contributed by atoms with Gasteiger partial charge >= 0.3 is 23.9 Å². The van der Waals surface area contributed by atoms with Crippen LogP contribution in [0.1, 0.15) is 61.0 Å². The lowest BCUT2D eigenvalue weighted by Crippen LogP contribution is -2.39. The van der Waals surface area contributed by atoms with Gasteiger partial charge < -0.3 is 24.7 Å². The molecule has 0 aliphatic heterocycles. The fourth-order valence-electron chi connectivity index (χ4n) is 2.41. The number of benzene rings is 1. The Morgan fingerprint density at radius 3 is 1.59 bits per heavy atom. The summed E-state index contributed by atoms with van der Waals surface area (Å²) < 4.78 is 21.4. The van der Waals surface area contributed by atoms with E-state index in [-0.39, 0.29) is 35.7 Å². The SMILES string of the molecule is CC(C)C(=O)Oc1ccc(C[C@H](N)C(=O)O[C@@H](C)[C@H](C)OC(=O)C(C)C)cc1OC(=O)C(C)C. The zero-order chi connectivity index (χ0) is 26.2. The molecule has 0 spiro atoms. The molecule has 0 saturated carbocycles. The van der Waals surface area contributed by atoms with Gasteiger partial charge in [0.2, 0.25) is 0 Å². The lowest BCUT2D eigenvalue weighted by Gasteiger charge is -2.23. The van der Waals surface area contributed by atoms with Gasteiger partial charge in [0, 0.05) is 0 Å². The van der Waals surface area contributed by atoms with E-state index in [1.807, 2.05) is 0 Å². The third-order valence-electron chi connectivity index (χ3n) is 4.87. The average molecular weight is 480 g/mol. The van der Waals surface area contributed by atoms with E-state index in [1.165, 1.54) is 12.1 Å². The van der Waals surface area contributed by atoms with Crippen molar-refractivity contribution in [3.05, 3.63) is 23.8 Å². The van der Waals surface area contributed by atoms with Crippen molar-refractivity contribution in [2.45, 2.75) is 80.1 Å². The first-order chi connectivity index (χ1) is 15.7. The molecule has 0 radical (unpaired) electrons. The molecular weight excluding hydrogens is 442 g/mol. The van der Waals surface area contributed by atoms with Crippen LogP contribution in [0.3, 0.4) is 0 Å². The number of hydrogen-bond donors (Lipinski definition) is 1. The normalized spacial score (nSPS) is 13.9. The molecule has 2 N–H and O–H groups in total. The van der Waals surface area contributed by atoms with Crippen molar-refractivity contribution in [3.63, 3.8) is 0 Å². The summed E-state index contributed by atoms with van der Waals surface area (Å²) in [7, 11) is 0. The zero-order valence-electron chi connectivity index (χ0n) is 21.2. The second-order valence-corrected chi connectivity index (χ2v) is 9.18. The Kier molecular flexibility index (Phi) is 11.2. The summed E-state index contributed by atoms with van der Waals surface area (Å²) in [5.74, 6) is -2.94. The molecule has 0 bridgehead atoms. The van der Waals surface area contributed by atoms with Gasteiger partial charge in [0.1, 0.15) is 18.2 Å². The summed E-state index contributed by atoms with van der Waals surface area (Å²) in [4.78, 5) is 48.4. The molecule has 1 aromatic rings. The van der Waals surface area contributed by atoms with E-state index in [0.717, 1.165) is 0 Å². The topological polar surface area (TPSA) is 131 Å². The number of rotatable bonds is 11. The number of carbonyl (C=O) groups excluding carboxylic acids is 4. The molecular formula is C25H37NO8. The summed E-state index contributed by atoms with van der Waals surface area (Å²) >= 11 is 0. The molecule has 0 unspecified atom stereocenters. The van der Waals surface area contributed by atoms with Crippen molar-refractivity contribution < 1.29 is 38.1 Å². The molecule has 0 aromatic heterocycles. The number of ether oxygens (including phenoxy) is 4. The molecule has 0 aliphatic carbocycles. The third kappa shape index (κ3) is 9.13. The lowest BCUT2D eigenvalue weighted by molar-refractivity contribution is -0.168. The molecule has 34 heavy (non-hydrogen) atoms. The predicted molar refractivity (Wildman–Crippen MR) is 125 cm³/mol. The van der Waals surface area contributed by atoms with Crippen LogP contribution in [0.5, 0.6) is 11.5 Å². The smallest absolute Gasteiger partial charge is 0.323 e. The van der Waals surface area contributed by atoms with Gasteiger partial charge in [-0.1, -0.05) is 47.6 Å². The molecule has 1 aromatic carbocycles. The first kappa shape index (κ1) is 29.1. The Labute approximate surface area is 201 Å². The van der Waals surface area contributed by atoms with Crippen LogP contribution < -0.4 is 15.2 Å². The highest BCUT2D eigenvalue weighted by Crippen LogP contribution is 2.30. The first-order valence-electron chi connectivity index (χ1n) is 11.5. The average Bonchev–Trinajstić information content (AvgIpc) is 2.74. The van der Waals surface area contributed by atoms with E-state index in [1.54, 1.807) is 61.5 Å². The van der Waals surface area contributed by atoms with Crippen LogP contribution in [-0.4, -0.2) is 42.1 Å². The van der Waals surface area contributed by atoms with Crippen LogP contribution in [0.4, 0.5) is 0 Å². The minimum absolute atomic E-state index is 0.0633. The quantitative estimate of drug-likeness (QED) is 0.375. The molecule has 0 aliphatic rings. The van der Waals surface area contributed by atoms with E-state index in [2.05, 4.69) is 0 Å². The molecule has 9 nitrogen and oxygen atoms in total. The molecule has 190 valence electrons. The Balaban J connectivity index is 2.93. The highest BCUT2D eigenvalue weighted by atomic mass is 16.6. The van der Waals surface area contributed by atoms with Crippen molar-refractivity contribution >= 4 is 23.9 Å². The fourth-order valence-corrected chi connectivity index (χ4v) is 2.41. The van der Waals surface area contributed by atoms with Gasteiger partial charge in [-0.15, -0.1) is 0 Å². The Bertz CT molecular complexity index is 878.